The topological polar surface area (TPSA) is 91.3 Å². The van der Waals surface area contributed by atoms with Gasteiger partial charge in [-0.3, -0.25) is 9.69 Å². The highest BCUT2D eigenvalue weighted by molar-refractivity contribution is 5.94. The molecule has 1 aliphatic rings. The lowest BCUT2D eigenvalue weighted by molar-refractivity contribution is -0.253. The molecule has 12 heteroatoms. The minimum absolute atomic E-state index is 0.0745. The Bertz CT molecular complexity index is 2040. The van der Waals surface area contributed by atoms with Crippen molar-refractivity contribution >= 4 is 5.91 Å². The molecule has 5 unspecified atom stereocenters. The van der Waals surface area contributed by atoms with E-state index in [1.54, 1.807) is 18.2 Å². The number of likely N-dealkylation sites (N-methyl/N-ethyl adjacent to an activating group) is 1. The van der Waals surface area contributed by atoms with Crippen LogP contribution >= 0.6 is 0 Å². The Labute approximate surface area is 309 Å². The van der Waals surface area contributed by atoms with Crippen LogP contribution in [-0.2, 0) is 22.6 Å². The lowest BCUT2D eigenvalue weighted by atomic mass is 9.98. The molecular weight excluding hydrogens is 707 g/mol. The Balaban J connectivity index is 1.17. The lowest BCUT2D eigenvalue weighted by Gasteiger charge is -2.39. The molecule has 54 heavy (non-hydrogen) atoms. The van der Waals surface area contributed by atoms with E-state index in [-0.39, 0.29) is 31.4 Å². The highest BCUT2D eigenvalue weighted by Crippen LogP contribution is 2.39. The number of ether oxygens (including phenoxy) is 2. The standard InChI is InChI=1S/C42H39F5N2O5/c1-24(40(51)29-8-4-3-5-9-29)49(2)22-32-20-33(28-13-11-25(23-50)12-14-28)54-42(53-32)30-17-15-27(16-18-30)31-10-6-7-26(19-31)21-48-41(52)34-35(43)37(45)39(47)38(46)36(34)44/h3-19,24,32-33,40,42,50-51H,20-23H2,1-2H3,(H,48,52). The number of hydrogen-bond donors (Lipinski definition) is 3. The van der Waals surface area contributed by atoms with E-state index < -0.39 is 53.0 Å². The summed E-state index contributed by atoms with van der Waals surface area (Å²) in [4.78, 5) is 14.5. The molecule has 0 aromatic heterocycles. The Morgan fingerprint density at radius 2 is 1.41 bits per heavy atom. The number of rotatable bonds is 12. The summed E-state index contributed by atoms with van der Waals surface area (Å²) in [6, 6.07) is 31.2. The van der Waals surface area contributed by atoms with Gasteiger partial charge < -0.3 is 25.0 Å². The van der Waals surface area contributed by atoms with Crippen LogP contribution in [0.4, 0.5) is 22.0 Å². The molecule has 1 amide bonds. The second-order valence-corrected chi connectivity index (χ2v) is 13.3. The van der Waals surface area contributed by atoms with Crippen LogP contribution < -0.4 is 5.32 Å². The molecule has 0 aliphatic carbocycles. The van der Waals surface area contributed by atoms with Crippen molar-refractivity contribution in [2.45, 2.75) is 57.1 Å². The van der Waals surface area contributed by atoms with E-state index in [9.17, 15) is 37.0 Å². The number of halogens is 5. The number of carbonyl (C=O) groups is 1. The largest absolute Gasteiger partial charge is 0.392 e. The molecule has 5 aromatic rings. The number of nitrogens with zero attached hydrogens (tertiary/aromatic N) is 1. The molecule has 0 radical (unpaired) electrons. The molecule has 282 valence electrons. The van der Waals surface area contributed by atoms with Crippen molar-refractivity contribution in [1.82, 2.24) is 10.2 Å². The summed E-state index contributed by atoms with van der Waals surface area (Å²) in [5, 5.41) is 22.9. The summed E-state index contributed by atoms with van der Waals surface area (Å²) in [5.41, 5.74) is 3.79. The molecule has 6 rings (SSSR count). The molecule has 0 saturated carbocycles. The number of benzene rings is 5. The predicted octanol–water partition coefficient (Wildman–Crippen LogP) is 8.07. The van der Waals surface area contributed by atoms with Gasteiger partial charge in [0.25, 0.3) is 5.91 Å². The minimum atomic E-state index is -2.34. The van der Waals surface area contributed by atoms with Gasteiger partial charge in [0.2, 0.25) is 5.82 Å². The monoisotopic (exact) mass is 746 g/mol. The molecular formula is C42H39F5N2O5. The molecule has 7 nitrogen and oxygen atoms in total. The number of aliphatic hydroxyl groups is 2. The maximum Gasteiger partial charge on any atom is 0.257 e. The fourth-order valence-corrected chi connectivity index (χ4v) is 6.46. The quantitative estimate of drug-likeness (QED) is 0.0680. The maximum atomic E-state index is 14.1. The average molecular weight is 747 g/mol. The molecule has 5 aromatic carbocycles. The van der Waals surface area contributed by atoms with Gasteiger partial charge in [0, 0.05) is 31.1 Å². The number of hydrogen-bond acceptors (Lipinski definition) is 6. The van der Waals surface area contributed by atoms with Gasteiger partial charge in [-0.25, -0.2) is 22.0 Å². The van der Waals surface area contributed by atoms with Crippen LogP contribution in [0.2, 0.25) is 0 Å². The van der Waals surface area contributed by atoms with Gasteiger partial charge in [0.1, 0.15) is 5.56 Å². The number of amides is 1. The number of nitrogens with one attached hydrogen (secondary N) is 1. The molecule has 3 N–H and O–H groups in total. The van der Waals surface area contributed by atoms with Crippen molar-refractivity contribution in [2.24, 2.45) is 0 Å². The first kappa shape index (κ1) is 38.7. The van der Waals surface area contributed by atoms with Crippen LogP contribution in [0.1, 0.15) is 70.0 Å². The van der Waals surface area contributed by atoms with Gasteiger partial charge in [0.15, 0.2) is 29.6 Å². The van der Waals surface area contributed by atoms with Crippen molar-refractivity contribution in [3.8, 4) is 11.1 Å². The van der Waals surface area contributed by atoms with Gasteiger partial charge >= 0.3 is 0 Å². The third-order valence-corrected chi connectivity index (χ3v) is 9.73. The summed E-state index contributed by atoms with van der Waals surface area (Å²) in [6.07, 6.45) is -1.46. The number of aliphatic hydroxyl groups excluding tert-OH is 2. The van der Waals surface area contributed by atoms with Crippen LogP contribution in [-0.4, -0.2) is 46.8 Å². The second kappa shape index (κ2) is 17.0. The normalized spacial score (nSPS) is 18.4. The Morgan fingerprint density at radius 1 is 0.778 bits per heavy atom. The zero-order valence-electron chi connectivity index (χ0n) is 29.5. The van der Waals surface area contributed by atoms with E-state index in [0.717, 1.165) is 33.4 Å². The molecule has 1 heterocycles. The molecule has 0 spiro atoms. The zero-order chi connectivity index (χ0) is 38.5. The van der Waals surface area contributed by atoms with E-state index >= 15 is 0 Å². The van der Waals surface area contributed by atoms with Gasteiger partial charge in [-0.2, -0.15) is 0 Å². The van der Waals surface area contributed by atoms with Crippen LogP contribution in [0.25, 0.3) is 11.1 Å². The summed E-state index contributed by atoms with van der Waals surface area (Å²) >= 11 is 0. The molecule has 0 bridgehead atoms. The first-order valence-electron chi connectivity index (χ1n) is 17.4. The zero-order valence-corrected chi connectivity index (χ0v) is 29.5. The molecule has 1 aliphatic heterocycles. The van der Waals surface area contributed by atoms with Crippen LogP contribution in [0.5, 0.6) is 0 Å². The van der Waals surface area contributed by atoms with Gasteiger partial charge in [-0.15, -0.1) is 0 Å². The molecule has 1 saturated heterocycles. The van der Waals surface area contributed by atoms with Gasteiger partial charge in [-0.1, -0.05) is 97.1 Å². The van der Waals surface area contributed by atoms with E-state index in [0.29, 0.717) is 18.5 Å². The van der Waals surface area contributed by atoms with Crippen molar-refractivity contribution in [1.29, 1.82) is 0 Å². The van der Waals surface area contributed by atoms with E-state index in [4.69, 9.17) is 9.47 Å². The Morgan fingerprint density at radius 3 is 2.06 bits per heavy atom. The van der Waals surface area contributed by atoms with Crippen molar-refractivity contribution in [2.75, 3.05) is 13.6 Å². The highest BCUT2D eigenvalue weighted by Gasteiger charge is 2.34. The average Bonchev–Trinajstić information content (AvgIpc) is 3.21. The predicted molar refractivity (Wildman–Crippen MR) is 191 cm³/mol. The lowest BCUT2D eigenvalue weighted by Crippen LogP contribution is -2.43. The van der Waals surface area contributed by atoms with Crippen LogP contribution in [0.3, 0.4) is 0 Å². The van der Waals surface area contributed by atoms with E-state index in [1.165, 1.54) is 0 Å². The summed E-state index contributed by atoms with van der Waals surface area (Å²) in [5.74, 6) is -12.6. The maximum absolute atomic E-state index is 14.1. The first-order chi connectivity index (χ1) is 25.9. The number of carbonyl (C=O) groups excluding carboxylic acids is 1. The highest BCUT2D eigenvalue weighted by atomic mass is 19.2. The van der Waals surface area contributed by atoms with E-state index in [2.05, 4.69) is 10.2 Å². The smallest absolute Gasteiger partial charge is 0.257 e. The van der Waals surface area contributed by atoms with Crippen molar-refractivity contribution in [3.63, 3.8) is 0 Å². The summed E-state index contributed by atoms with van der Waals surface area (Å²) in [6.45, 7) is 2.16. The Kier molecular flexibility index (Phi) is 12.2. The summed E-state index contributed by atoms with van der Waals surface area (Å²) in [7, 11) is 1.95. The van der Waals surface area contributed by atoms with Crippen molar-refractivity contribution in [3.05, 3.63) is 166 Å². The third kappa shape index (κ3) is 8.53. The fraction of sp³-hybridized carbons (Fsp3) is 0.262. The fourth-order valence-electron chi connectivity index (χ4n) is 6.46. The third-order valence-electron chi connectivity index (χ3n) is 9.73. The molecule has 5 atom stereocenters. The van der Waals surface area contributed by atoms with E-state index in [1.807, 2.05) is 98.9 Å². The summed E-state index contributed by atoms with van der Waals surface area (Å²) < 4.78 is 82.0. The second-order valence-electron chi connectivity index (χ2n) is 13.3. The minimum Gasteiger partial charge on any atom is -0.392 e. The Hall–Kier alpha value is -4.98. The van der Waals surface area contributed by atoms with Gasteiger partial charge in [-0.05, 0) is 53.4 Å². The SMILES string of the molecule is CC(C(O)c1ccccc1)N(C)CC1CC(c2ccc(CO)cc2)OC(c2ccc(-c3cccc(CNC(=O)c4c(F)c(F)c(F)c(F)c4F)c3)cc2)O1. The molecule has 1 fully saturated rings. The van der Waals surface area contributed by atoms with Crippen LogP contribution in [0, 0.1) is 29.1 Å². The van der Waals surface area contributed by atoms with Crippen molar-refractivity contribution < 1.29 is 46.4 Å². The van der Waals surface area contributed by atoms with Crippen LogP contribution in [0.15, 0.2) is 103 Å². The first-order valence-corrected chi connectivity index (χ1v) is 17.4. The van der Waals surface area contributed by atoms with Gasteiger partial charge in [0.05, 0.1) is 24.9 Å².